The van der Waals surface area contributed by atoms with Gasteiger partial charge in [-0.15, -0.1) is 0 Å². The summed E-state index contributed by atoms with van der Waals surface area (Å²) in [6.07, 6.45) is 2.71. The normalized spacial score (nSPS) is 12.2. The van der Waals surface area contributed by atoms with Crippen LogP contribution in [0.25, 0.3) is 0 Å². The highest BCUT2D eigenvalue weighted by Gasteiger charge is 2.17. The molecule has 5 heteroatoms. The molecule has 1 atom stereocenters. The predicted octanol–water partition coefficient (Wildman–Crippen LogP) is 2.49. The number of nitrogens with one attached hydrogen (secondary N) is 1. The average Bonchev–Trinajstić information content (AvgIpc) is 2.69. The lowest BCUT2D eigenvalue weighted by Crippen LogP contribution is -2.26. The lowest BCUT2D eigenvalue weighted by molar-refractivity contribution is 0.0937. The standard InChI is InChI=1S/C14H16N2O3/c1-8-6-12(10(3)19-8)9(2)16-14(18)11-4-5-15-7-13(11)17/h4-7,9,17H,1-3H3,(H,16,18). The van der Waals surface area contributed by atoms with E-state index in [1.807, 2.05) is 26.8 Å². The first-order valence-corrected chi connectivity index (χ1v) is 6.00. The van der Waals surface area contributed by atoms with E-state index in [-0.39, 0.29) is 23.3 Å². The zero-order valence-electron chi connectivity index (χ0n) is 11.1. The van der Waals surface area contributed by atoms with Crippen LogP contribution in [0, 0.1) is 13.8 Å². The number of aryl methyl sites for hydroxylation is 2. The van der Waals surface area contributed by atoms with Crippen molar-refractivity contribution in [1.29, 1.82) is 0 Å². The van der Waals surface area contributed by atoms with Gasteiger partial charge >= 0.3 is 0 Å². The van der Waals surface area contributed by atoms with Gasteiger partial charge in [0.2, 0.25) is 0 Å². The highest BCUT2D eigenvalue weighted by atomic mass is 16.3. The van der Waals surface area contributed by atoms with E-state index in [1.165, 1.54) is 18.5 Å². The highest BCUT2D eigenvalue weighted by molar-refractivity contribution is 5.96. The van der Waals surface area contributed by atoms with Gasteiger partial charge in [-0.1, -0.05) is 0 Å². The van der Waals surface area contributed by atoms with Crippen molar-refractivity contribution in [2.45, 2.75) is 26.8 Å². The molecule has 0 radical (unpaired) electrons. The second kappa shape index (κ2) is 5.14. The van der Waals surface area contributed by atoms with E-state index in [4.69, 9.17) is 4.42 Å². The third-order valence-corrected chi connectivity index (χ3v) is 2.94. The Balaban J connectivity index is 2.15. The molecule has 2 aromatic rings. The molecule has 0 fully saturated rings. The quantitative estimate of drug-likeness (QED) is 0.889. The largest absolute Gasteiger partial charge is 0.505 e. The fourth-order valence-corrected chi connectivity index (χ4v) is 2.01. The fraction of sp³-hybridized carbons (Fsp3) is 0.286. The second-order valence-electron chi connectivity index (χ2n) is 4.46. The van der Waals surface area contributed by atoms with Crippen molar-refractivity contribution in [1.82, 2.24) is 10.3 Å². The van der Waals surface area contributed by atoms with E-state index < -0.39 is 0 Å². The van der Waals surface area contributed by atoms with Crippen LogP contribution in [0.1, 0.15) is 40.4 Å². The third kappa shape index (κ3) is 2.76. The van der Waals surface area contributed by atoms with Crippen LogP contribution >= 0.6 is 0 Å². The number of aromatic hydroxyl groups is 1. The molecule has 1 unspecified atom stereocenters. The van der Waals surface area contributed by atoms with Gasteiger partial charge in [0.05, 0.1) is 17.8 Å². The molecule has 0 bridgehead atoms. The van der Waals surface area contributed by atoms with Crippen molar-refractivity contribution >= 4 is 5.91 Å². The summed E-state index contributed by atoms with van der Waals surface area (Å²) in [6, 6.07) is 3.18. The summed E-state index contributed by atoms with van der Waals surface area (Å²) >= 11 is 0. The molecule has 2 N–H and O–H groups in total. The Kier molecular flexibility index (Phi) is 3.55. The van der Waals surface area contributed by atoms with Crippen molar-refractivity contribution in [3.05, 3.63) is 47.2 Å². The minimum atomic E-state index is -0.342. The van der Waals surface area contributed by atoms with Gasteiger partial charge in [-0.3, -0.25) is 9.78 Å². The van der Waals surface area contributed by atoms with Crippen molar-refractivity contribution in [2.24, 2.45) is 0 Å². The molecule has 0 saturated heterocycles. The first-order chi connectivity index (χ1) is 8.99. The van der Waals surface area contributed by atoms with Gasteiger partial charge in [0.1, 0.15) is 17.3 Å². The van der Waals surface area contributed by atoms with Crippen LogP contribution < -0.4 is 5.32 Å². The predicted molar refractivity (Wildman–Crippen MR) is 70.0 cm³/mol. The maximum absolute atomic E-state index is 12.0. The van der Waals surface area contributed by atoms with Gasteiger partial charge in [0.15, 0.2) is 0 Å². The van der Waals surface area contributed by atoms with Crippen LogP contribution in [0.3, 0.4) is 0 Å². The molecule has 0 aliphatic heterocycles. The molecule has 0 aromatic carbocycles. The van der Waals surface area contributed by atoms with Crippen molar-refractivity contribution in [3.63, 3.8) is 0 Å². The molecular formula is C14H16N2O3. The number of rotatable bonds is 3. The van der Waals surface area contributed by atoms with Gasteiger partial charge in [-0.25, -0.2) is 0 Å². The number of pyridine rings is 1. The topological polar surface area (TPSA) is 75.4 Å². The molecule has 0 aliphatic rings. The number of carbonyl (C=O) groups is 1. The maximum Gasteiger partial charge on any atom is 0.255 e. The summed E-state index contributed by atoms with van der Waals surface area (Å²) in [5.74, 6) is 1.11. The molecule has 2 rings (SSSR count). The lowest BCUT2D eigenvalue weighted by atomic mass is 10.1. The maximum atomic E-state index is 12.0. The summed E-state index contributed by atoms with van der Waals surface area (Å²) < 4.78 is 5.44. The van der Waals surface area contributed by atoms with E-state index in [1.54, 1.807) is 0 Å². The third-order valence-electron chi connectivity index (χ3n) is 2.94. The minimum absolute atomic E-state index is 0.132. The number of furan rings is 1. The van der Waals surface area contributed by atoms with Crippen LogP contribution in [0.5, 0.6) is 5.75 Å². The molecule has 5 nitrogen and oxygen atoms in total. The van der Waals surface area contributed by atoms with Crippen LogP contribution in [-0.4, -0.2) is 16.0 Å². The Bertz CT molecular complexity index is 604. The smallest absolute Gasteiger partial charge is 0.255 e. The lowest BCUT2D eigenvalue weighted by Gasteiger charge is -2.13. The number of hydrogen-bond donors (Lipinski definition) is 2. The Labute approximate surface area is 111 Å². The summed E-state index contributed by atoms with van der Waals surface area (Å²) in [4.78, 5) is 15.8. The van der Waals surface area contributed by atoms with E-state index >= 15 is 0 Å². The van der Waals surface area contributed by atoms with Gasteiger partial charge in [0.25, 0.3) is 5.91 Å². The van der Waals surface area contributed by atoms with Crippen molar-refractivity contribution in [3.8, 4) is 5.75 Å². The van der Waals surface area contributed by atoms with Crippen LogP contribution in [0.15, 0.2) is 28.9 Å². The highest BCUT2D eigenvalue weighted by Crippen LogP contribution is 2.22. The summed E-state index contributed by atoms with van der Waals surface area (Å²) in [7, 11) is 0. The molecular weight excluding hydrogens is 244 g/mol. The Morgan fingerprint density at radius 2 is 2.21 bits per heavy atom. The first kappa shape index (κ1) is 13.1. The van der Waals surface area contributed by atoms with Gasteiger partial charge < -0.3 is 14.8 Å². The van der Waals surface area contributed by atoms with Crippen LogP contribution in [-0.2, 0) is 0 Å². The van der Waals surface area contributed by atoms with Crippen molar-refractivity contribution in [2.75, 3.05) is 0 Å². The van der Waals surface area contributed by atoms with E-state index in [9.17, 15) is 9.90 Å². The van der Waals surface area contributed by atoms with E-state index in [2.05, 4.69) is 10.3 Å². The summed E-state index contributed by atoms with van der Waals surface area (Å²) in [6.45, 7) is 5.59. The number of carbonyl (C=O) groups excluding carboxylic acids is 1. The first-order valence-electron chi connectivity index (χ1n) is 6.00. The molecule has 19 heavy (non-hydrogen) atoms. The summed E-state index contributed by atoms with van der Waals surface area (Å²) in [5, 5.41) is 12.4. The number of nitrogens with zero attached hydrogens (tertiary/aromatic N) is 1. The van der Waals surface area contributed by atoms with E-state index in [0.717, 1.165) is 17.1 Å². The molecule has 0 spiro atoms. The second-order valence-corrected chi connectivity index (χ2v) is 4.46. The van der Waals surface area contributed by atoms with Gasteiger partial charge in [-0.05, 0) is 32.9 Å². The molecule has 1 amide bonds. The Morgan fingerprint density at radius 1 is 1.47 bits per heavy atom. The van der Waals surface area contributed by atoms with Crippen LogP contribution in [0.2, 0.25) is 0 Å². The number of aromatic nitrogens is 1. The molecule has 100 valence electrons. The fourth-order valence-electron chi connectivity index (χ4n) is 2.01. The molecule has 2 heterocycles. The Morgan fingerprint density at radius 3 is 2.79 bits per heavy atom. The van der Waals surface area contributed by atoms with Gasteiger partial charge in [-0.2, -0.15) is 0 Å². The van der Waals surface area contributed by atoms with Crippen molar-refractivity contribution < 1.29 is 14.3 Å². The van der Waals surface area contributed by atoms with E-state index in [0.29, 0.717) is 0 Å². The molecule has 2 aromatic heterocycles. The summed E-state index contributed by atoms with van der Waals surface area (Å²) in [5.41, 5.74) is 1.14. The minimum Gasteiger partial charge on any atom is -0.505 e. The SMILES string of the molecule is Cc1cc(C(C)NC(=O)c2ccncc2O)c(C)o1. The average molecular weight is 260 g/mol. The molecule has 0 aliphatic carbocycles. The monoisotopic (exact) mass is 260 g/mol. The number of amides is 1. The zero-order chi connectivity index (χ0) is 14.0. The zero-order valence-corrected chi connectivity index (χ0v) is 11.1. The Hall–Kier alpha value is -2.30. The van der Waals surface area contributed by atoms with Gasteiger partial charge in [0, 0.05) is 11.8 Å². The number of hydrogen-bond acceptors (Lipinski definition) is 4. The molecule has 0 saturated carbocycles. The van der Waals surface area contributed by atoms with Crippen LogP contribution in [0.4, 0.5) is 0 Å².